The summed E-state index contributed by atoms with van der Waals surface area (Å²) in [7, 11) is 0. The Morgan fingerprint density at radius 1 is 1.35 bits per heavy atom. The van der Waals surface area contributed by atoms with E-state index in [0.29, 0.717) is 16.5 Å². The molecule has 0 aliphatic heterocycles. The molecule has 1 heterocycles. The van der Waals surface area contributed by atoms with Crippen LogP contribution < -0.4 is 5.73 Å². The summed E-state index contributed by atoms with van der Waals surface area (Å²) in [5.41, 5.74) is 8.83. The van der Waals surface area contributed by atoms with Crippen LogP contribution in [0.3, 0.4) is 0 Å². The minimum Gasteiger partial charge on any atom is -0.320 e. The molecule has 2 N–H and O–H groups in total. The van der Waals surface area contributed by atoms with Gasteiger partial charge in [0.1, 0.15) is 5.82 Å². The van der Waals surface area contributed by atoms with Crippen molar-refractivity contribution in [1.29, 1.82) is 0 Å². The number of hydrogen-bond acceptors (Lipinski definition) is 3. The summed E-state index contributed by atoms with van der Waals surface area (Å²) in [4.78, 5) is 0. The van der Waals surface area contributed by atoms with E-state index in [1.165, 1.54) is 0 Å². The van der Waals surface area contributed by atoms with Gasteiger partial charge in [-0.25, -0.2) is 4.39 Å². The third-order valence-corrected chi connectivity index (χ3v) is 4.35. The number of hydrogen-bond donors (Lipinski definition) is 1. The van der Waals surface area contributed by atoms with Crippen LogP contribution in [0.5, 0.6) is 0 Å². The molecule has 0 aliphatic rings. The zero-order valence-electron chi connectivity index (χ0n) is 11.1. The molecule has 1 aromatic heterocycles. The highest BCUT2D eigenvalue weighted by Gasteiger charge is 2.20. The number of halogens is 3. The van der Waals surface area contributed by atoms with Crippen molar-refractivity contribution in [2.24, 2.45) is 5.73 Å². The van der Waals surface area contributed by atoms with Crippen molar-refractivity contribution >= 4 is 27.5 Å². The summed E-state index contributed by atoms with van der Waals surface area (Å²) in [6.45, 7) is 3.79. The van der Waals surface area contributed by atoms with Crippen molar-refractivity contribution in [2.75, 3.05) is 0 Å². The van der Waals surface area contributed by atoms with Gasteiger partial charge in [-0.3, -0.25) is 0 Å². The van der Waals surface area contributed by atoms with Crippen molar-refractivity contribution in [3.05, 3.63) is 56.0 Å². The van der Waals surface area contributed by atoms with E-state index in [2.05, 4.69) is 26.1 Å². The average molecular weight is 359 g/mol. The Bertz CT molecular complexity index is 649. The van der Waals surface area contributed by atoms with E-state index in [4.69, 9.17) is 17.3 Å². The van der Waals surface area contributed by atoms with Crippen molar-refractivity contribution in [1.82, 2.24) is 10.2 Å². The van der Waals surface area contributed by atoms with Gasteiger partial charge < -0.3 is 5.73 Å². The summed E-state index contributed by atoms with van der Waals surface area (Å²) < 4.78 is 14.8. The second-order valence-corrected chi connectivity index (χ2v) is 5.72. The Balaban J connectivity index is 2.54. The molecule has 0 saturated carbocycles. The molecule has 2 rings (SSSR count). The van der Waals surface area contributed by atoms with Crippen molar-refractivity contribution in [3.8, 4) is 0 Å². The Morgan fingerprint density at radius 3 is 2.70 bits per heavy atom. The van der Waals surface area contributed by atoms with Gasteiger partial charge in [0.25, 0.3) is 0 Å². The number of benzene rings is 1. The van der Waals surface area contributed by atoms with Gasteiger partial charge in [-0.15, -0.1) is 0 Å². The molecule has 0 radical (unpaired) electrons. The molecular formula is C14H14BrClFN3. The topological polar surface area (TPSA) is 51.8 Å². The fourth-order valence-corrected chi connectivity index (χ4v) is 2.51. The van der Waals surface area contributed by atoms with E-state index in [9.17, 15) is 4.39 Å². The minimum absolute atomic E-state index is 0.0368. The van der Waals surface area contributed by atoms with E-state index in [-0.39, 0.29) is 5.02 Å². The van der Waals surface area contributed by atoms with Crippen LogP contribution in [0.4, 0.5) is 4.39 Å². The highest BCUT2D eigenvalue weighted by Crippen LogP contribution is 2.32. The molecule has 0 bridgehead atoms. The second-order valence-electron chi connectivity index (χ2n) is 4.48. The van der Waals surface area contributed by atoms with Crippen LogP contribution in [-0.4, -0.2) is 10.2 Å². The van der Waals surface area contributed by atoms with Crippen LogP contribution >= 0.6 is 27.5 Å². The lowest BCUT2D eigenvalue weighted by atomic mass is 9.97. The standard InChI is InChI=1S/C14H14BrClFN3/c1-3-11-9(6-7(2)19-20-11)14(18)8-4-5-10(15)12(16)13(8)17/h4-6,14H,3,18H2,1-2H3. The monoisotopic (exact) mass is 357 g/mol. The largest absolute Gasteiger partial charge is 0.320 e. The SMILES string of the molecule is CCc1nnc(C)cc1C(N)c1ccc(Br)c(Cl)c1F. The minimum atomic E-state index is -0.621. The predicted molar refractivity (Wildman–Crippen MR) is 81.3 cm³/mol. The molecule has 0 amide bonds. The van der Waals surface area contributed by atoms with Crippen molar-refractivity contribution < 1.29 is 4.39 Å². The summed E-state index contributed by atoms with van der Waals surface area (Å²) in [5, 5.41) is 8.16. The first kappa shape index (κ1) is 15.4. The molecule has 106 valence electrons. The fraction of sp³-hybridized carbons (Fsp3) is 0.286. The Hall–Kier alpha value is -1.04. The van der Waals surface area contributed by atoms with Crippen LogP contribution in [0, 0.1) is 12.7 Å². The zero-order valence-corrected chi connectivity index (χ0v) is 13.5. The van der Waals surface area contributed by atoms with Crippen LogP contribution in [-0.2, 0) is 6.42 Å². The maximum atomic E-state index is 14.3. The van der Waals surface area contributed by atoms with Crippen molar-refractivity contribution in [3.63, 3.8) is 0 Å². The third kappa shape index (κ3) is 2.85. The van der Waals surface area contributed by atoms with Gasteiger partial charge in [0, 0.05) is 10.0 Å². The second kappa shape index (κ2) is 6.16. The number of nitrogens with zero attached hydrogens (tertiary/aromatic N) is 2. The lowest BCUT2D eigenvalue weighted by molar-refractivity contribution is 0.597. The molecule has 0 fully saturated rings. The fourth-order valence-electron chi connectivity index (χ4n) is 2.03. The first-order chi connectivity index (χ1) is 9.45. The van der Waals surface area contributed by atoms with Crippen molar-refractivity contribution in [2.45, 2.75) is 26.3 Å². The quantitative estimate of drug-likeness (QED) is 0.845. The van der Waals surface area contributed by atoms with E-state index in [1.54, 1.807) is 12.1 Å². The van der Waals surface area contributed by atoms with E-state index < -0.39 is 11.9 Å². The molecule has 6 heteroatoms. The van der Waals surface area contributed by atoms with Gasteiger partial charge in [0.15, 0.2) is 0 Å². The smallest absolute Gasteiger partial charge is 0.148 e. The molecule has 0 saturated heterocycles. The summed E-state index contributed by atoms with van der Waals surface area (Å²) in [6.07, 6.45) is 0.683. The molecular weight excluding hydrogens is 345 g/mol. The average Bonchev–Trinajstić information content (AvgIpc) is 2.44. The number of rotatable bonds is 3. The highest BCUT2D eigenvalue weighted by molar-refractivity contribution is 9.10. The van der Waals surface area contributed by atoms with Gasteiger partial charge in [-0.2, -0.15) is 10.2 Å². The first-order valence-electron chi connectivity index (χ1n) is 6.17. The maximum absolute atomic E-state index is 14.3. The summed E-state index contributed by atoms with van der Waals surface area (Å²) >= 11 is 9.10. The Morgan fingerprint density at radius 2 is 2.05 bits per heavy atom. The van der Waals surface area contributed by atoms with E-state index in [1.807, 2.05) is 19.9 Å². The third-order valence-electron chi connectivity index (χ3n) is 3.10. The lowest BCUT2D eigenvalue weighted by Crippen LogP contribution is -2.17. The predicted octanol–water partition coefficient (Wildman–Crippen LogP) is 3.95. The summed E-state index contributed by atoms with van der Waals surface area (Å²) in [6, 6.07) is 4.54. The van der Waals surface area contributed by atoms with E-state index >= 15 is 0 Å². The molecule has 1 unspecified atom stereocenters. The number of aryl methyl sites for hydroxylation is 2. The lowest BCUT2D eigenvalue weighted by Gasteiger charge is -2.17. The number of nitrogens with two attached hydrogens (primary N) is 1. The molecule has 0 spiro atoms. The molecule has 20 heavy (non-hydrogen) atoms. The van der Waals surface area contributed by atoms with Crippen LogP contribution in [0.1, 0.15) is 35.5 Å². The molecule has 3 nitrogen and oxygen atoms in total. The van der Waals surface area contributed by atoms with Gasteiger partial charge in [0.2, 0.25) is 0 Å². The van der Waals surface area contributed by atoms with Crippen LogP contribution in [0.25, 0.3) is 0 Å². The first-order valence-corrected chi connectivity index (χ1v) is 7.34. The molecule has 0 aliphatic carbocycles. The van der Waals surface area contributed by atoms with E-state index in [0.717, 1.165) is 17.0 Å². The molecule has 1 atom stereocenters. The van der Waals surface area contributed by atoms with Crippen LogP contribution in [0.2, 0.25) is 5.02 Å². The van der Waals surface area contributed by atoms with Gasteiger partial charge in [-0.05, 0) is 47.0 Å². The van der Waals surface area contributed by atoms with Gasteiger partial charge in [0.05, 0.1) is 22.5 Å². The summed E-state index contributed by atoms with van der Waals surface area (Å²) in [5.74, 6) is -0.509. The zero-order chi connectivity index (χ0) is 14.9. The Kier molecular flexibility index (Phi) is 4.73. The number of aromatic nitrogens is 2. The molecule has 2 aromatic rings. The van der Waals surface area contributed by atoms with Crippen LogP contribution in [0.15, 0.2) is 22.7 Å². The Labute approximate surface area is 130 Å². The highest BCUT2D eigenvalue weighted by atomic mass is 79.9. The van der Waals surface area contributed by atoms with Gasteiger partial charge in [-0.1, -0.05) is 24.6 Å². The molecule has 1 aromatic carbocycles. The normalized spacial score (nSPS) is 12.5. The maximum Gasteiger partial charge on any atom is 0.148 e. The van der Waals surface area contributed by atoms with Gasteiger partial charge >= 0.3 is 0 Å².